The zero-order valence-electron chi connectivity index (χ0n) is 14.9. The molecule has 1 saturated heterocycles. The van der Waals surface area contributed by atoms with Crippen LogP contribution in [0.4, 0.5) is 11.4 Å². The predicted molar refractivity (Wildman–Crippen MR) is 104 cm³/mol. The Morgan fingerprint density at radius 2 is 1.76 bits per heavy atom. The lowest BCUT2D eigenvalue weighted by atomic mass is 10.1. The molecule has 3 rings (SSSR count). The van der Waals surface area contributed by atoms with Crippen molar-refractivity contribution in [1.29, 1.82) is 0 Å². The third-order valence-electron chi connectivity index (χ3n) is 4.76. The van der Waals surface area contributed by atoms with E-state index in [0.29, 0.717) is 19.5 Å². The van der Waals surface area contributed by atoms with Crippen molar-refractivity contribution in [3.63, 3.8) is 0 Å². The quantitative estimate of drug-likeness (QED) is 0.809. The average molecular weight is 337 g/mol. The summed E-state index contributed by atoms with van der Waals surface area (Å²) < 4.78 is 0. The minimum atomic E-state index is 0.0736. The lowest BCUT2D eigenvalue weighted by molar-refractivity contribution is -0.121. The van der Waals surface area contributed by atoms with Crippen LogP contribution in [0, 0.1) is 6.92 Å². The monoisotopic (exact) mass is 337 g/mol. The summed E-state index contributed by atoms with van der Waals surface area (Å²) in [6.45, 7) is 5.62. The highest BCUT2D eigenvalue weighted by atomic mass is 16.1. The van der Waals surface area contributed by atoms with E-state index in [1.807, 2.05) is 12.1 Å². The molecule has 0 aromatic heterocycles. The molecule has 0 atom stereocenters. The first-order chi connectivity index (χ1) is 12.2. The summed E-state index contributed by atoms with van der Waals surface area (Å²) in [5.41, 5.74) is 4.73. The molecule has 132 valence electrons. The number of carbonyl (C=O) groups excluding carboxylic acids is 1. The van der Waals surface area contributed by atoms with Crippen LogP contribution in [0.5, 0.6) is 0 Å². The van der Waals surface area contributed by atoms with E-state index in [0.717, 1.165) is 18.8 Å². The second-order valence-electron chi connectivity index (χ2n) is 6.62. The number of anilines is 2. The Morgan fingerprint density at radius 3 is 2.48 bits per heavy atom. The van der Waals surface area contributed by atoms with Crippen LogP contribution in [-0.2, 0) is 11.3 Å². The summed E-state index contributed by atoms with van der Waals surface area (Å²) in [4.78, 5) is 14.4. The van der Waals surface area contributed by atoms with Gasteiger partial charge in [0.1, 0.15) is 0 Å². The van der Waals surface area contributed by atoms with Crippen LogP contribution in [-0.4, -0.2) is 25.5 Å². The van der Waals surface area contributed by atoms with Gasteiger partial charge in [0.2, 0.25) is 5.91 Å². The van der Waals surface area contributed by atoms with Crippen LogP contribution in [0.2, 0.25) is 0 Å². The highest BCUT2D eigenvalue weighted by molar-refractivity contribution is 5.76. The van der Waals surface area contributed by atoms with Gasteiger partial charge < -0.3 is 15.5 Å². The van der Waals surface area contributed by atoms with Gasteiger partial charge in [-0.15, -0.1) is 0 Å². The zero-order chi connectivity index (χ0) is 17.5. The Kier molecular flexibility index (Phi) is 5.94. The Balaban J connectivity index is 1.38. The van der Waals surface area contributed by atoms with Gasteiger partial charge in [-0.05, 0) is 55.2 Å². The van der Waals surface area contributed by atoms with Gasteiger partial charge in [-0.25, -0.2) is 0 Å². The molecular weight excluding hydrogens is 310 g/mol. The van der Waals surface area contributed by atoms with Gasteiger partial charge >= 0.3 is 0 Å². The highest BCUT2D eigenvalue weighted by Gasteiger charge is 2.11. The highest BCUT2D eigenvalue weighted by Crippen LogP contribution is 2.21. The van der Waals surface area contributed by atoms with E-state index in [9.17, 15) is 4.79 Å². The molecule has 0 radical (unpaired) electrons. The fourth-order valence-electron chi connectivity index (χ4n) is 3.18. The molecule has 0 bridgehead atoms. The molecule has 4 heteroatoms. The molecule has 0 unspecified atom stereocenters. The summed E-state index contributed by atoms with van der Waals surface area (Å²) >= 11 is 0. The lowest BCUT2D eigenvalue weighted by Crippen LogP contribution is -2.25. The third-order valence-corrected chi connectivity index (χ3v) is 4.76. The second-order valence-corrected chi connectivity index (χ2v) is 6.62. The maximum Gasteiger partial charge on any atom is 0.222 e. The van der Waals surface area contributed by atoms with Crippen molar-refractivity contribution < 1.29 is 4.79 Å². The second kappa shape index (κ2) is 8.56. The summed E-state index contributed by atoms with van der Waals surface area (Å²) in [6, 6.07) is 16.6. The van der Waals surface area contributed by atoms with Gasteiger partial charge in [0.25, 0.3) is 0 Å². The number of carbonyl (C=O) groups is 1. The summed E-state index contributed by atoms with van der Waals surface area (Å²) in [5, 5.41) is 6.31. The van der Waals surface area contributed by atoms with Gasteiger partial charge in [-0.2, -0.15) is 0 Å². The molecule has 0 spiro atoms. The molecule has 1 aliphatic rings. The minimum Gasteiger partial charge on any atom is -0.385 e. The number of amides is 1. The van der Waals surface area contributed by atoms with Gasteiger partial charge in [-0.3, -0.25) is 4.79 Å². The van der Waals surface area contributed by atoms with Gasteiger partial charge in [0, 0.05) is 44.0 Å². The Hall–Kier alpha value is -2.49. The maximum absolute atomic E-state index is 12.0. The van der Waals surface area contributed by atoms with E-state index in [2.05, 4.69) is 58.9 Å². The summed E-state index contributed by atoms with van der Waals surface area (Å²) in [5.74, 6) is 0.0736. The van der Waals surface area contributed by atoms with Gasteiger partial charge in [0.05, 0.1) is 0 Å². The predicted octanol–water partition coefficient (Wildman–Crippen LogP) is 3.71. The molecule has 2 aromatic carbocycles. The summed E-state index contributed by atoms with van der Waals surface area (Å²) in [6.07, 6.45) is 3.05. The van der Waals surface area contributed by atoms with Crippen molar-refractivity contribution in [3.05, 3.63) is 59.7 Å². The van der Waals surface area contributed by atoms with Crippen molar-refractivity contribution >= 4 is 17.3 Å². The first kappa shape index (κ1) is 17.3. The Morgan fingerprint density at radius 1 is 1.04 bits per heavy atom. The number of rotatable bonds is 7. The molecule has 1 aliphatic heterocycles. The molecule has 2 aromatic rings. The van der Waals surface area contributed by atoms with E-state index >= 15 is 0 Å². The van der Waals surface area contributed by atoms with Crippen molar-refractivity contribution in [2.45, 2.75) is 32.7 Å². The lowest BCUT2D eigenvalue weighted by Gasteiger charge is -2.18. The normalized spacial score (nSPS) is 13.7. The molecule has 1 heterocycles. The largest absolute Gasteiger partial charge is 0.385 e. The van der Waals surface area contributed by atoms with E-state index in [1.165, 1.54) is 29.7 Å². The van der Waals surface area contributed by atoms with Crippen LogP contribution in [0.25, 0.3) is 0 Å². The molecule has 25 heavy (non-hydrogen) atoms. The SMILES string of the molecule is Cc1ccccc1CNC(=O)CCNc1ccc(N2CCCC2)cc1. The van der Waals surface area contributed by atoms with E-state index < -0.39 is 0 Å². The van der Waals surface area contributed by atoms with Crippen LogP contribution < -0.4 is 15.5 Å². The molecule has 2 N–H and O–H groups in total. The van der Waals surface area contributed by atoms with E-state index in [4.69, 9.17) is 0 Å². The van der Waals surface area contributed by atoms with E-state index in [1.54, 1.807) is 0 Å². The molecule has 0 saturated carbocycles. The average Bonchev–Trinajstić information content (AvgIpc) is 3.16. The van der Waals surface area contributed by atoms with Gasteiger partial charge in [-0.1, -0.05) is 24.3 Å². The number of hydrogen-bond donors (Lipinski definition) is 2. The fourth-order valence-corrected chi connectivity index (χ4v) is 3.18. The van der Waals surface area contributed by atoms with Gasteiger partial charge in [0.15, 0.2) is 0 Å². The smallest absolute Gasteiger partial charge is 0.222 e. The van der Waals surface area contributed by atoms with Crippen LogP contribution in [0.3, 0.4) is 0 Å². The third kappa shape index (κ3) is 4.99. The first-order valence-electron chi connectivity index (χ1n) is 9.12. The first-order valence-corrected chi connectivity index (χ1v) is 9.12. The van der Waals surface area contributed by atoms with Crippen molar-refractivity contribution in [1.82, 2.24) is 5.32 Å². The minimum absolute atomic E-state index is 0.0736. The molecule has 0 aliphatic carbocycles. The summed E-state index contributed by atoms with van der Waals surface area (Å²) in [7, 11) is 0. The fraction of sp³-hybridized carbons (Fsp3) is 0.381. The number of aryl methyl sites for hydroxylation is 1. The zero-order valence-corrected chi connectivity index (χ0v) is 14.9. The molecular formula is C21H27N3O. The van der Waals surface area contributed by atoms with Crippen molar-refractivity contribution in [2.24, 2.45) is 0 Å². The van der Waals surface area contributed by atoms with Crippen molar-refractivity contribution in [3.8, 4) is 0 Å². The Labute approximate surface area is 150 Å². The number of hydrogen-bond acceptors (Lipinski definition) is 3. The van der Waals surface area contributed by atoms with Crippen LogP contribution in [0.15, 0.2) is 48.5 Å². The van der Waals surface area contributed by atoms with Crippen LogP contribution >= 0.6 is 0 Å². The number of benzene rings is 2. The van der Waals surface area contributed by atoms with Crippen molar-refractivity contribution in [2.75, 3.05) is 29.9 Å². The maximum atomic E-state index is 12.0. The molecule has 1 fully saturated rings. The van der Waals surface area contributed by atoms with Crippen LogP contribution in [0.1, 0.15) is 30.4 Å². The Bertz CT molecular complexity index is 691. The standard InChI is InChI=1S/C21H27N3O/c1-17-6-2-3-7-18(17)16-23-21(25)12-13-22-19-8-10-20(11-9-19)24-14-4-5-15-24/h2-3,6-11,22H,4-5,12-16H2,1H3,(H,23,25). The van der Waals surface area contributed by atoms with E-state index in [-0.39, 0.29) is 5.91 Å². The molecule has 1 amide bonds. The number of nitrogens with one attached hydrogen (secondary N) is 2. The molecule has 4 nitrogen and oxygen atoms in total. The number of nitrogens with zero attached hydrogens (tertiary/aromatic N) is 1. The topological polar surface area (TPSA) is 44.4 Å².